The Labute approximate surface area is 111 Å². The van der Waals surface area contributed by atoms with Crippen LogP contribution in [0.3, 0.4) is 0 Å². The minimum absolute atomic E-state index is 0.0589. The summed E-state index contributed by atoms with van der Waals surface area (Å²) >= 11 is 0. The van der Waals surface area contributed by atoms with Crippen molar-refractivity contribution in [3.8, 4) is 0 Å². The highest BCUT2D eigenvalue weighted by Gasteiger charge is 2.30. The Kier molecular flexibility index (Phi) is 5.56. The predicted molar refractivity (Wildman–Crippen MR) is 75.2 cm³/mol. The highest BCUT2D eigenvalue weighted by Crippen LogP contribution is 2.21. The van der Waals surface area contributed by atoms with Crippen molar-refractivity contribution >= 4 is 15.6 Å². The van der Waals surface area contributed by atoms with Gasteiger partial charge in [-0.2, -0.15) is 0 Å². The highest BCUT2D eigenvalue weighted by atomic mass is 32.2. The largest absolute Gasteiger partial charge is 0.327 e. The third-order valence-corrected chi connectivity index (χ3v) is 5.75. The molecule has 1 unspecified atom stereocenters. The second kappa shape index (κ2) is 5.70. The summed E-state index contributed by atoms with van der Waals surface area (Å²) in [5.74, 6) is -0.170. The van der Waals surface area contributed by atoms with Gasteiger partial charge in [0.15, 0.2) is 9.84 Å². The van der Waals surface area contributed by atoms with Gasteiger partial charge in [0.25, 0.3) is 0 Å². The topological polar surface area (TPSA) is 77.2 Å². The maximum Gasteiger partial charge on any atom is 0.155 e. The molecule has 0 aromatic heterocycles. The molecule has 0 bridgehead atoms. The monoisotopic (exact) mass is 277 g/mol. The lowest BCUT2D eigenvalue weighted by Gasteiger charge is -2.26. The van der Waals surface area contributed by atoms with Crippen LogP contribution >= 0.6 is 0 Å². The van der Waals surface area contributed by atoms with Crippen LogP contribution in [0.1, 0.15) is 54.4 Å². The molecule has 0 rings (SSSR count). The van der Waals surface area contributed by atoms with Crippen LogP contribution in [0.25, 0.3) is 0 Å². The van der Waals surface area contributed by atoms with Crippen LogP contribution < -0.4 is 5.73 Å². The Morgan fingerprint density at radius 1 is 1.11 bits per heavy atom. The first-order chi connectivity index (χ1) is 7.77. The number of rotatable bonds is 5. The smallest absolute Gasteiger partial charge is 0.155 e. The molecule has 18 heavy (non-hydrogen) atoms. The molecule has 0 spiro atoms. The van der Waals surface area contributed by atoms with Crippen molar-refractivity contribution in [1.29, 1.82) is 0 Å². The number of ketones is 1. The van der Waals surface area contributed by atoms with Crippen molar-refractivity contribution < 1.29 is 13.2 Å². The molecule has 0 aliphatic carbocycles. The molecule has 0 heterocycles. The van der Waals surface area contributed by atoms with Crippen LogP contribution in [-0.2, 0) is 14.6 Å². The summed E-state index contributed by atoms with van der Waals surface area (Å²) in [6, 6.07) is -0.234. The van der Waals surface area contributed by atoms with Crippen LogP contribution in [0.15, 0.2) is 0 Å². The molecule has 0 radical (unpaired) electrons. The number of hydrogen-bond donors (Lipinski definition) is 1. The molecule has 0 aromatic rings. The van der Waals surface area contributed by atoms with E-state index in [0.29, 0.717) is 0 Å². The molecule has 2 N–H and O–H groups in total. The first-order valence-corrected chi connectivity index (χ1v) is 7.92. The summed E-state index contributed by atoms with van der Waals surface area (Å²) in [7, 11) is -3.23. The molecule has 0 fully saturated rings. The van der Waals surface area contributed by atoms with Gasteiger partial charge in [0.2, 0.25) is 0 Å². The molecule has 0 aliphatic heterocycles. The quantitative estimate of drug-likeness (QED) is 0.833. The molecule has 0 aromatic carbocycles. The lowest BCUT2D eigenvalue weighted by molar-refractivity contribution is -0.119. The van der Waals surface area contributed by atoms with E-state index >= 15 is 0 Å². The molecule has 0 saturated carbocycles. The van der Waals surface area contributed by atoms with Gasteiger partial charge in [-0.1, -0.05) is 20.8 Å². The van der Waals surface area contributed by atoms with Crippen LogP contribution in [0, 0.1) is 5.41 Å². The van der Waals surface area contributed by atoms with Crippen molar-refractivity contribution in [3.05, 3.63) is 0 Å². The van der Waals surface area contributed by atoms with E-state index in [9.17, 15) is 13.2 Å². The fourth-order valence-electron chi connectivity index (χ4n) is 1.21. The molecule has 1 atom stereocenters. The Hall–Kier alpha value is -0.420. The number of hydrogen-bond acceptors (Lipinski definition) is 4. The Bertz CT molecular complexity index is 385. The molecule has 4 nitrogen and oxygen atoms in total. The summed E-state index contributed by atoms with van der Waals surface area (Å²) in [5, 5.41) is 0. The van der Waals surface area contributed by atoms with Gasteiger partial charge >= 0.3 is 0 Å². The minimum atomic E-state index is -3.23. The van der Waals surface area contributed by atoms with Gasteiger partial charge in [-0.05, 0) is 26.2 Å². The number of carbonyl (C=O) groups is 1. The van der Waals surface area contributed by atoms with Crippen molar-refractivity contribution in [2.75, 3.05) is 5.75 Å². The number of Topliss-reactive ketones (excluding diaryl/α,β-unsaturated/α-hetero) is 1. The van der Waals surface area contributed by atoms with E-state index in [2.05, 4.69) is 0 Å². The summed E-state index contributed by atoms with van der Waals surface area (Å²) in [5.41, 5.74) is 5.77. The normalized spacial score (nSPS) is 15.5. The number of carbonyl (C=O) groups excluding carboxylic acids is 1. The summed E-state index contributed by atoms with van der Waals surface area (Å²) in [6.45, 7) is 10.8. The number of sulfone groups is 1. The zero-order valence-corrected chi connectivity index (χ0v) is 13.2. The van der Waals surface area contributed by atoms with Crippen molar-refractivity contribution in [1.82, 2.24) is 0 Å². The van der Waals surface area contributed by atoms with E-state index in [1.54, 1.807) is 20.8 Å². The van der Waals surface area contributed by atoms with Gasteiger partial charge in [0.05, 0.1) is 10.5 Å². The highest BCUT2D eigenvalue weighted by molar-refractivity contribution is 7.92. The molecule has 5 heteroatoms. The average Bonchev–Trinajstić information content (AvgIpc) is 2.11. The van der Waals surface area contributed by atoms with E-state index < -0.39 is 14.6 Å². The summed E-state index contributed by atoms with van der Waals surface area (Å²) < 4.78 is 22.9. The van der Waals surface area contributed by atoms with Gasteiger partial charge in [0.1, 0.15) is 5.78 Å². The molecule has 108 valence electrons. The second-order valence-corrected chi connectivity index (χ2v) is 9.76. The minimum Gasteiger partial charge on any atom is -0.327 e. The van der Waals surface area contributed by atoms with E-state index in [4.69, 9.17) is 5.73 Å². The number of nitrogens with two attached hydrogens (primary N) is 1. The van der Waals surface area contributed by atoms with Crippen molar-refractivity contribution in [2.45, 2.75) is 65.2 Å². The van der Waals surface area contributed by atoms with Crippen LogP contribution in [0.4, 0.5) is 0 Å². The van der Waals surface area contributed by atoms with Gasteiger partial charge < -0.3 is 5.73 Å². The van der Waals surface area contributed by atoms with Crippen LogP contribution in [0.2, 0.25) is 0 Å². The molecular weight excluding hydrogens is 250 g/mol. The Balaban J connectivity index is 4.39. The SMILES string of the molecule is CC(C)(C)C(N)CC(=O)CCS(=O)(=O)C(C)(C)C. The molecular formula is C13H27NO3S. The standard InChI is InChI=1S/C13H27NO3S/c1-12(2,3)11(14)9-10(15)7-8-18(16,17)13(4,5)6/h11H,7-9,14H2,1-6H3. The van der Waals surface area contributed by atoms with Gasteiger partial charge in [-0.15, -0.1) is 0 Å². The molecule has 0 saturated heterocycles. The lowest BCUT2D eigenvalue weighted by Crippen LogP contribution is -2.37. The molecule has 0 aliphatic rings. The first kappa shape index (κ1) is 17.6. The summed E-state index contributed by atoms with van der Waals surface area (Å²) in [6.07, 6.45) is 0.298. The summed E-state index contributed by atoms with van der Waals surface area (Å²) in [4.78, 5) is 11.7. The average molecular weight is 277 g/mol. The van der Waals surface area contributed by atoms with E-state index in [0.717, 1.165) is 0 Å². The lowest BCUT2D eigenvalue weighted by atomic mass is 9.84. The second-order valence-electron chi connectivity index (χ2n) is 6.90. The Morgan fingerprint density at radius 2 is 1.56 bits per heavy atom. The van der Waals surface area contributed by atoms with Gasteiger partial charge in [-0.3, -0.25) is 4.79 Å². The third-order valence-electron chi connectivity index (χ3n) is 3.14. The van der Waals surface area contributed by atoms with Gasteiger partial charge in [0, 0.05) is 18.9 Å². The van der Waals surface area contributed by atoms with E-state index in [1.807, 2.05) is 20.8 Å². The first-order valence-electron chi connectivity index (χ1n) is 6.27. The zero-order chi connectivity index (χ0) is 14.8. The maximum absolute atomic E-state index is 11.9. The van der Waals surface area contributed by atoms with E-state index in [1.165, 1.54) is 0 Å². The van der Waals surface area contributed by atoms with Crippen molar-refractivity contribution in [3.63, 3.8) is 0 Å². The fraction of sp³-hybridized carbons (Fsp3) is 0.923. The van der Waals surface area contributed by atoms with E-state index in [-0.39, 0.29) is 35.8 Å². The Morgan fingerprint density at radius 3 is 1.89 bits per heavy atom. The van der Waals surface area contributed by atoms with Crippen LogP contribution in [0.5, 0.6) is 0 Å². The maximum atomic E-state index is 11.9. The van der Waals surface area contributed by atoms with Gasteiger partial charge in [-0.25, -0.2) is 8.42 Å². The zero-order valence-electron chi connectivity index (χ0n) is 12.4. The predicted octanol–water partition coefficient (Wildman–Crippen LogP) is 1.92. The molecule has 0 amide bonds. The fourth-order valence-corrected chi connectivity index (χ4v) is 2.32. The van der Waals surface area contributed by atoms with Crippen molar-refractivity contribution in [2.24, 2.45) is 11.1 Å². The van der Waals surface area contributed by atoms with Crippen LogP contribution in [-0.4, -0.2) is 30.7 Å². The third kappa shape index (κ3) is 5.48.